The summed E-state index contributed by atoms with van der Waals surface area (Å²) < 4.78 is 29.3. The fourth-order valence-electron chi connectivity index (χ4n) is 5.50. The molecule has 1 N–H and O–H groups in total. The lowest BCUT2D eigenvalue weighted by Crippen LogP contribution is -2.53. The van der Waals surface area contributed by atoms with Crippen molar-refractivity contribution >= 4 is 39.1 Å². The Hall–Kier alpha value is -3.36. The Morgan fingerprint density at radius 2 is 1.64 bits per heavy atom. The Morgan fingerprint density at radius 3 is 2.29 bits per heavy atom. The summed E-state index contributed by atoms with van der Waals surface area (Å²) in [5, 5.41) is 3.50. The van der Waals surface area contributed by atoms with E-state index in [0.717, 1.165) is 46.7 Å². The number of carbonyl (C=O) groups excluding carboxylic acids is 2. The van der Waals surface area contributed by atoms with Gasteiger partial charge in [0.2, 0.25) is 11.8 Å². The molecule has 42 heavy (non-hydrogen) atoms. The zero-order valence-electron chi connectivity index (χ0n) is 24.8. The van der Waals surface area contributed by atoms with Crippen molar-refractivity contribution in [3.63, 3.8) is 0 Å². The van der Waals surface area contributed by atoms with Gasteiger partial charge in [-0.2, -0.15) is 0 Å². The van der Waals surface area contributed by atoms with Crippen LogP contribution in [0.3, 0.4) is 0 Å². The highest BCUT2D eigenvalue weighted by Crippen LogP contribution is 2.30. The van der Waals surface area contributed by atoms with Crippen molar-refractivity contribution in [1.29, 1.82) is 0 Å². The van der Waals surface area contributed by atoms with Gasteiger partial charge in [-0.3, -0.25) is 13.9 Å². The first kappa shape index (κ1) is 31.6. The molecule has 0 heterocycles. The summed E-state index contributed by atoms with van der Waals surface area (Å²) in [5.74, 6) is -0.683. The van der Waals surface area contributed by atoms with E-state index in [9.17, 15) is 18.0 Å². The molecule has 0 aliphatic heterocycles. The Labute approximate surface area is 254 Å². The Morgan fingerprint density at radius 1 is 0.952 bits per heavy atom. The van der Waals surface area contributed by atoms with Crippen LogP contribution in [0.25, 0.3) is 0 Å². The minimum atomic E-state index is -4.16. The maximum absolute atomic E-state index is 14.3. The summed E-state index contributed by atoms with van der Waals surface area (Å²) in [7, 11) is -4.16. The Balaban J connectivity index is 1.75. The smallest absolute Gasteiger partial charge is 0.264 e. The van der Waals surface area contributed by atoms with Crippen molar-refractivity contribution in [3.8, 4) is 0 Å². The number of nitrogens with zero attached hydrogens (tertiary/aromatic N) is 2. The van der Waals surface area contributed by atoms with Gasteiger partial charge in [-0.25, -0.2) is 8.42 Å². The quantitative estimate of drug-likeness (QED) is 0.275. The second-order valence-corrected chi connectivity index (χ2v) is 13.5. The first-order valence-corrected chi connectivity index (χ1v) is 16.3. The monoisotopic (exact) mass is 609 g/mol. The number of amides is 2. The average molecular weight is 610 g/mol. The summed E-state index contributed by atoms with van der Waals surface area (Å²) in [6.45, 7) is 7.18. The van der Waals surface area contributed by atoms with E-state index in [1.54, 1.807) is 37.3 Å². The van der Waals surface area contributed by atoms with E-state index < -0.39 is 28.5 Å². The molecule has 1 fully saturated rings. The van der Waals surface area contributed by atoms with E-state index >= 15 is 0 Å². The number of nitrogens with one attached hydrogen (secondary N) is 1. The highest BCUT2D eigenvalue weighted by atomic mass is 35.5. The largest absolute Gasteiger partial charge is 0.352 e. The number of aryl methyl sites for hydroxylation is 3. The number of sulfonamides is 1. The van der Waals surface area contributed by atoms with Crippen molar-refractivity contribution < 1.29 is 18.0 Å². The predicted octanol–water partition coefficient (Wildman–Crippen LogP) is 6.33. The standard InChI is InChI=1S/C33H40ClN3O4S/c1-5-30(33(39)35-28-11-6-7-12-28)36(21-26-10-8-9-24(3)19-26)32(38)22-37(31-20-27(34)16-15-25(31)4)42(40,41)29-17-13-23(2)14-18-29/h8-10,13-20,28,30H,5-7,11-12,21-22H2,1-4H3,(H,35,39). The fourth-order valence-corrected chi connectivity index (χ4v) is 7.13. The van der Waals surface area contributed by atoms with Crippen molar-refractivity contribution in [1.82, 2.24) is 10.2 Å². The minimum absolute atomic E-state index is 0.0662. The van der Waals surface area contributed by atoms with Crippen LogP contribution in [0.15, 0.2) is 71.6 Å². The van der Waals surface area contributed by atoms with Crippen LogP contribution < -0.4 is 9.62 Å². The fraction of sp³-hybridized carbons (Fsp3) is 0.394. The number of hydrogen-bond donors (Lipinski definition) is 1. The first-order chi connectivity index (χ1) is 20.0. The summed E-state index contributed by atoms with van der Waals surface area (Å²) >= 11 is 6.32. The van der Waals surface area contributed by atoms with Gasteiger partial charge in [0.25, 0.3) is 10.0 Å². The van der Waals surface area contributed by atoms with E-state index in [1.165, 1.54) is 17.0 Å². The van der Waals surface area contributed by atoms with Crippen LogP contribution >= 0.6 is 11.6 Å². The van der Waals surface area contributed by atoms with Gasteiger partial charge >= 0.3 is 0 Å². The molecule has 1 aliphatic rings. The number of anilines is 1. The van der Waals surface area contributed by atoms with Crippen LogP contribution in [0.1, 0.15) is 61.3 Å². The van der Waals surface area contributed by atoms with Gasteiger partial charge in [0.1, 0.15) is 12.6 Å². The summed E-state index contributed by atoms with van der Waals surface area (Å²) in [6, 6.07) is 18.6. The number of carbonyl (C=O) groups is 2. The normalized spacial score (nSPS) is 14.4. The van der Waals surface area contributed by atoms with Gasteiger partial charge in [-0.05, 0) is 75.4 Å². The molecule has 3 aromatic carbocycles. The van der Waals surface area contributed by atoms with E-state index in [-0.39, 0.29) is 23.4 Å². The zero-order chi connectivity index (χ0) is 30.4. The predicted molar refractivity (Wildman–Crippen MR) is 168 cm³/mol. The van der Waals surface area contributed by atoms with Crippen LogP contribution in [0.4, 0.5) is 5.69 Å². The zero-order valence-corrected chi connectivity index (χ0v) is 26.3. The maximum Gasteiger partial charge on any atom is 0.264 e. The highest BCUT2D eigenvalue weighted by Gasteiger charge is 2.35. The molecule has 7 nitrogen and oxygen atoms in total. The summed E-state index contributed by atoms with van der Waals surface area (Å²) in [6.07, 6.45) is 4.36. The summed E-state index contributed by atoms with van der Waals surface area (Å²) in [4.78, 5) is 29.5. The molecule has 0 saturated heterocycles. The van der Waals surface area contributed by atoms with Gasteiger partial charge < -0.3 is 10.2 Å². The molecule has 224 valence electrons. The molecule has 1 saturated carbocycles. The maximum atomic E-state index is 14.3. The lowest BCUT2D eigenvalue weighted by atomic mass is 10.1. The molecule has 0 aromatic heterocycles. The Kier molecular flexibility index (Phi) is 10.3. The van der Waals surface area contributed by atoms with Crippen molar-refractivity contribution in [3.05, 3.63) is 94.0 Å². The van der Waals surface area contributed by atoms with E-state index in [4.69, 9.17) is 11.6 Å². The average Bonchev–Trinajstić information content (AvgIpc) is 3.46. The molecule has 4 rings (SSSR count). The number of hydrogen-bond acceptors (Lipinski definition) is 4. The van der Waals surface area contributed by atoms with Crippen LogP contribution in [-0.4, -0.2) is 43.8 Å². The second-order valence-electron chi connectivity index (χ2n) is 11.2. The topological polar surface area (TPSA) is 86.8 Å². The van der Waals surface area contributed by atoms with Gasteiger partial charge in [0.05, 0.1) is 10.6 Å². The molecule has 1 aliphatic carbocycles. The van der Waals surface area contributed by atoms with Crippen LogP contribution in [0.5, 0.6) is 0 Å². The second kappa shape index (κ2) is 13.7. The van der Waals surface area contributed by atoms with Gasteiger partial charge in [-0.15, -0.1) is 0 Å². The van der Waals surface area contributed by atoms with E-state index in [0.29, 0.717) is 22.7 Å². The Bertz CT molecular complexity index is 1520. The molecule has 2 amide bonds. The van der Waals surface area contributed by atoms with E-state index in [1.807, 2.05) is 45.0 Å². The van der Waals surface area contributed by atoms with Crippen LogP contribution in [0, 0.1) is 20.8 Å². The van der Waals surface area contributed by atoms with Crippen molar-refractivity contribution in [2.24, 2.45) is 0 Å². The molecule has 0 spiro atoms. The SMILES string of the molecule is CCC(C(=O)NC1CCCC1)N(Cc1cccc(C)c1)C(=O)CN(c1cc(Cl)ccc1C)S(=O)(=O)c1ccc(C)cc1. The molecule has 1 atom stereocenters. The molecule has 9 heteroatoms. The third-order valence-corrected chi connectivity index (χ3v) is 9.86. The first-order valence-electron chi connectivity index (χ1n) is 14.5. The summed E-state index contributed by atoms with van der Waals surface area (Å²) in [5.41, 5.74) is 3.78. The molecule has 0 bridgehead atoms. The molecular formula is C33H40ClN3O4S. The van der Waals surface area contributed by atoms with Crippen molar-refractivity contribution in [2.45, 2.75) is 83.3 Å². The van der Waals surface area contributed by atoms with Gasteiger partial charge in [0.15, 0.2) is 0 Å². The van der Waals surface area contributed by atoms with Crippen LogP contribution in [-0.2, 0) is 26.2 Å². The lowest BCUT2D eigenvalue weighted by Gasteiger charge is -2.34. The van der Waals surface area contributed by atoms with E-state index in [2.05, 4.69) is 5.32 Å². The number of rotatable bonds is 11. The van der Waals surface area contributed by atoms with Gasteiger partial charge in [0, 0.05) is 17.6 Å². The van der Waals surface area contributed by atoms with Crippen molar-refractivity contribution in [2.75, 3.05) is 10.8 Å². The lowest BCUT2D eigenvalue weighted by molar-refractivity contribution is -0.140. The molecular weight excluding hydrogens is 570 g/mol. The van der Waals surface area contributed by atoms with Crippen LogP contribution in [0.2, 0.25) is 5.02 Å². The number of halogens is 1. The number of benzene rings is 3. The highest BCUT2D eigenvalue weighted by molar-refractivity contribution is 7.92. The minimum Gasteiger partial charge on any atom is -0.352 e. The third kappa shape index (κ3) is 7.53. The molecule has 3 aromatic rings. The third-order valence-electron chi connectivity index (χ3n) is 7.85. The molecule has 1 unspecified atom stereocenters. The molecule has 0 radical (unpaired) electrons. The van der Waals surface area contributed by atoms with Gasteiger partial charge in [-0.1, -0.05) is 85.0 Å².